The molecule has 5 rings (SSSR count). The van der Waals surface area contributed by atoms with Crippen molar-refractivity contribution < 1.29 is 19.3 Å². The highest BCUT2D eigenvalue weighted by molar-refractivity contribution is 9.10. The Labute approximate surface area is 213 Å². The molecule has 2 aromatic heterocycles. The van der Waals surface area contributed by atoms with Crippen LogP contribution in [0.5, 0.6) is 0 Å². The molecular formula is C26H28BrClN4O2+2. The summed E-state index contributed by atoms with van der Waals surface area (Å²) in [7, 11) is 1.97. The summed E-state index contributed by atoms with van der Waals surface area (Å²) in [6.45, 7) is 2.79. The molecule has 1 fully saturated rings. The molecule has 1 aliphatic carbocycles. The summed E-state index contributed by atoms with van der Waals surface area (Å²) in [5.74, 6) is 0.156. The van der Waals surface area contributed by atoms with Gasteiger partial charge >= 0.3 is 0 Å². The second-order valence-corrected chi connectivity index (χ2v) is 10.5. The van der Waals surface area contributed by atoms with Crippen LogP contribution in [0.4, 0.5) is 0 Å². The summed E-state index contributed by atoms with van der Waals surface area (Å²) < 4.78 is 4.08. The predicted molar refractivity (Wildman–Crippen MR) is 132 cm³/mol. The van der Waals surface area contributed by atoms with E-state index < -0.39 is 0 Å². The molecule has 8 heteroatoms. The summed E-state index contributed by atoms with van der Waals surface area (Å²) >= 11 is 9.86. The Bertz CT molecular complexity index is 1230. The summed E-state index contributed by atoms with van der Waals surface area (Å²) in [4.78, 5) is 17.3. The average molecular weight is 544 g/mol. The molecule has 0 saturated carbocycles. The third-order valence-electron chi connectivity index (χ3n) is 6.89. The van der Waals surface area contributed by atoms with Crippen LogP contribution >= 0.6 is 27.5 Å². The molecule has 0 radical (unpaired) electrons. The van der Waals surface area contributed by atoms with Crippen LogP contribution in [0.15, 0.2) is 59.5 Å². The van der Waals surface area contributed by atoms with Crippen LogP contribution in [0.25, 0.3) is 0 Å². The molecule has 1 saturated heterocycles. The quantitative estimate of drug-likeness (QED) is 0.408. The molecule has 1 aliphatic heterocycles. The lowest BCUT2D eigenvalue weighted by Gasteiger charge is -2.38. The van der Waals surface area contributed by atoms with Gasteiger partial charge in [-0.3, -0.25) is 14.9 Å². The largest absolute Gasteiger partial charge is 0.340 e. The topological polar surface area (TPSA) is 51.5 Å². The number of benzene rings is 1. The second-order valence-electron chi connectivity index (χ2n) is 9.12. The molecule has 6 nitrogen and oxygen atoms in total. The number of amides is 1. The van der Waals surface area contributed by atoms with Crippen LogP contribution in [0.3, 0.4) is 0 Å². The second kappa shape index (κ2) is 9.64. The zero-order valence-electron chi connectivity index (χ0n) is 19.1. The minimum atomic E-state index is -0.103. The van der Waals surface area contributed by atoms with Crippen LogP contribution in [0.1, 0.15) is 34.0 Å². The van der Waals surface area contributed by atoms with E-state index in [1.165, 1.54) is 15.9 Å². The number of piperazine rings is 1. The van der Waals surface area contributed by atoms with E-state index in [0.29, 0.717) is 19.5 Å². The van der Waals surface area contributed by atoms with Gasteiger partial charge in [-0.2, -0.15) is 0 Å². The number of fused-ring (bicyclic) bond motifs is 2. The fourth-order valence-electron chi connectivity index (χ4n) is 5.12. The van der Waals surface area contributed by atoms with Gasteiger partial charge < -0.3 is 4.90 Å². The van der Waals surface area contributed by atoms with Crippen molar-refractivity contribution in [3.63, 3.8) is 0 Å². The van der Waals surface area contributed by atoms with Crippen molar-refractivity contribution in [2.24, 2.45) is 7.05 Å². The van der Waals surface area contributed by atoms with E-state index in [1.54, 1.807) is 6.20 Å². The Morgan fingerprint density at radius 2 is 1.79 bits per heavy atom. The highest BCUT2D eigenvalue weighted by Crippen LogP contribution is 2.37. The number of hydrogen-bond acceptors (Lipinski definition) is 3. The molecule has 1 aromatic carbocycles. The van der Waals surface area contributed by atoms with Crippen molar-refractivity contribution in [1.29, 1.82) is 0 Å². The van der Waals surface area contributed by atoms with Crippen molar-refractivity contribution in [3.05, 3.63) is 92.4 Å². The smallest absolute Gasteiger partial charge is 0.258 e. The average Bonchev–Trinajstić information content (AvgIpc) is 2.97. The van der Waals surface area contributed by atoms with Crippen molar-refractivity contribution in [2.45, 2.75) is 25.3 Å². The summed E-state index contributed by atoms with van der Waals surface area (Å²) in [5, 5.41) is 11.7. The molecule has 1 N–H and O–H groups in total. The number of aryl methyl sites for hydroxylation is 3. The Balaban J connectivity index is 1.40. The molecule has 3 aromatic rings. The van der Waals surface area contributed by atoms with Gasteiger partial charge in [0.25, 0.3) is 5.69 Å². The van der Waals surface area contributed by atoms with Crippen LogP contribution in [-0.4, -0.2) is 47.1 Å². The first kappa shape index (κ1) is 23.3. The number of carbonyl (C=O) groups is 1. The van der Waals surface area contributed by atoms with E-state index in [1.807, 2.05) is 53.2 Å². The lowest BCUT2D eigenvalue weighted by Crippen LogP contribution is -2.52. The molecule has 2 aliphatic rings. The van der Waals surface area contributed by atoms with Gasteiger partial charge in [0.1, 0.15) is 13.1 Å². The Hall–Kier alpha value is -2.48. The third-order valence-corrected chi connectivity index (χ3v) is 7.56. The van der Waals surface area contributed by atoms with E-state index in [-0.39, 0.29) is 11.9 Å². The van der Waals surface area contributed by atoms with Gasteiger partial charge in [-0.1, -0.05) is 17.7 Å². The Kier molecular flexibility index (Phi) is 6.60. The first-order valence-electron chi connectivity index (χ1n) is 11.6. The zero-order valence-corrected chi connectivity index (χ0v) is 21.5. The highest BCUT2D eigenvalue weighted by atomic mass is 79.9. The van der Waals surface area contributed by atoms with Crippen LogP contribution in [-0.2, 0) is 31.1 Å². The van der Waals surface area contributed by atoms with Crippen molar-refractivity contribution >= 4 is 33.4 Å². The maximum Gasteiger partial charge on any atom is 0.258 e. The SMILES string of the molecule is C[n+]1ccc(CC(=O)N2CCN(C3c4ccc(Cl)cc4CCc4cc(Br)c[n+](O)c43)CC2)cc1. The monoisotopic (exact) mass is 542 g/mol. The fourth-order valence-corrected chi connectivity index (χ4v) is 5.79. The standard InChI is InChI=1S/C26H28BrClN4O2/c1-29-8-6-18(7-9-29)14-24(33)30-10-12-31(13-11-30)26-23-5-4-22(28)16-19(23)2-3-20-15-21(27)17-32(34)25(20)26/h4-9,15-17,26,34H,2-3,10-14H2,1H3/q+2. The number of nitrogens with zero attached hydrogens (tertiary/aromatic N) is 4. The highest BCUT2D eigenvalue weighted by Gasteiger charge is 2.39. The number of rotatable bonds is 3. The molecule has 0 spiro atoms. The van der Waals surface area contributed by atoms with Gasteiger partial charge in [-0.15, -0.1) is 0 Å². The van der Waals surface area contributed by atoms with Crippen LogP contribution in [0.2, 0.25) is 5.02 Å². The number of pyridine rings is 2. The summed E-state index contributed by atoms with van der Waals surface area (Å²) in [6, 6.07) is 12.1. The Morgan fingerprint density at radius 1 is 1.09 bits per heavy atom. The molecule has 34 heavy (non-hydrogen) atoms. The van der Waals surface area contributed by atoms with Crippen LogP contribution < -0.4 is 9.30 Å². The van der Waals surface area contributed by atoms with E-state index >= 15 is 0 Å². The number of halogens is 2. The minimum Gasteiger partial charge on any atom is -0.340 e. The van der Waals surface area contributed by atoms with Crippen molar-refractivity contribution in [2.75, 3.05) is 26.2 Å². The Morgan fingerprint density at radius 3 is 2.53 bits per heavy atom. The van der Waals surface area contributed by atoms with Gasteiger partial charge in [0.15, 0.2) is 12.4 Å². The zero-order chi connectivity index (χ0) is 23.8. The van der Waals surface area contributed by atoms with Crippen molar-refractivity contribution in [1.82, 2.24) is 9.80 Å². The summed E-state index contributed by atoms with van der Waals surface area (Å²) in [5.41, 5.74) is 5.41. The van der Waals surface area contributed by atoms with Gasteiger partial charge in [-0.05, 0) is 63.7 Å². The van der Waals surface area contributed by atoms with Crippen molar-refractivity contribution in [3.8, 4) is 0 Å². The van der Waals surface area contributed by atoms with Crippen LogP contribution in [0, 0.1) is 0 Å². The molecule has 176 valence electrons. The predicted octanol–water partition coefficient (Wildman–Crippen LogP) is 3.03. The minimum absolute atomic E-state index is 0.103. The molecule has 0 bridgehead atoms. The molecule has 1 atom stereocenters. The first-order valence-corrected chi connectivity index (χ1v) is 12.7. The van der Waals surface area contributed by atoms with E-state index in [0.717, 1.165) is 52.2 Å². The first-order chi connectivity index (χ1) is 16.4. The molecular weight excluding hydrogens is 516 g/mol. The van der Waals surface area contributed by atoms with Gasteiger partial charge in [0, 0.05) is 53.6 Å². The summed E-state index contributed by atoms with van der Waals surface area (Å²) in [6.07, 6.45) is 7.74. The molecule has 1 amide bonds. The maximum absolute atomic E-state index is 13.0. The number of aromatic nitrogens is 2. The van der Waals surface area contributed by atoms with Gasteiger partial charge in [0.2, 0.25) is 12.1 Å². The van der Waals surface area contributed by atoms with Gasteiger partial charge in [0.05, 0.1) is 10.9 Å². The molecule has 1 unspecified atom stereocenters. The van der Waals surface area contributed by atoms with E-state index in [4.69, 9.17) is 11.6 Å². The number of carbonyl (C=O) groups excluding carboxylic acids is 1. The molecule has 3 heterocycles. The normalized spacial score (nSPS) is 18.2. The lowest BCUT2D eigenvalue weighted by molar-refractivity contribution is -0.911. The van der Waals surface area contributed by atoms with E-state index in [2.05, 4.69) is 33.0 Å². The fraction of sp³-hybridized carbons (Fsp3) is 0.346. The van der Waals surface area contributed by atoms with E-state index in [9.17, 15) is 10.0 Å². The number of hydrogen-bond donors (Lipinski definition) is 1. The lowest BCUT2D eigenvalue weighted by atomic mass is 9.96. The third kappa shape index (κ3) is 4.69. The van der Waals surface area contributed by atoms with Gasteiger partial charge in [-0.25, -0.2) is 4.57 Å². The maximum atomic E-state index is 13.0.